The monoisotopic (exact) mass is 398 g/mol. The van der Waals surface area contributed by atoms with Crippen LogP contribution < -0.4 is 11.0 Å². The van der Waals surface area contributed by atoms with Gasteiger partial charge >= 0.3 is 0 Å². The number of nitrogens with one attached hydrogen (secondary N) is 2. The molecule has 0 radical (unpaired) electrons. The highest BCUT2D eigenvalue weighted by Gasteiger charge is 2.48. The maximum absolute atomic E-state index is 12.4. The lowest BCUT2D eigenvalue weighted by atomic mass is 9.95. The number of alkyl halides is 1. The predicted octanol–water partition coefficient (Wildman–Crippen LogP) is 3.26. The second kappa shape index (κ2) is 6.65. The molecule has 2 unspecified atom stereocenters. The van der Waals surface area contributed by atoms with Crippen LogP contribution in [0.3, 0.4) is 0 Å². The molecule has 8 nitrogen and oxygen atoms in total. The molecule has 1 fully saturated rings. The number of hydrogen-bond acceptors (Lipinski definition) is 5. The van der Waals surface area contributed by atoms with E-state index in [1.54, 1.807) is 18.2 Å². The summed E-state index contributed by atoms with van der Waals surface area (Å²) in [5.74, 6) is -0.342. The van der Waals surface area contributed by atoms with Crippen molar-refractivity contribution in [3.63, 3.8) is 0 Å². The number of nitro groups is 1. The first kappa shape index (κ1) is 18.0. The highest BCUT2D eigenvalue weighted by molar-refractivity contribution is 6.33. The summed E-state index contributed by atoms with van der Waals surface area (Å²) in [4.78, 5) is 37.4. The zero-order valence-corrected chi connectivity index (χ0v) is 15.4. The van der Waals surface area contributed by atoms with Crippen LogP contribution in [0.25, 0.3) is 10.9 Å². The maximum atomic E-state index is 12.4. The highest BCUT2D eigenvalue weighted by Crippen LogP contribution is 2.39. The number of hydrazine groups is 1. The van der Waals surface area contributed by atoms with Crippen LogP contribution in [0.15, 0.2) is 53.3 Å². The minimum Gasteiger partial charge on any atom is -0.322 e. The van der Waals surface area contributed by atoms with Gasteiger partial charge in [-0.15, -0.1) is 11.6 Å². The van der Waals surface area contributed by atoms with Crippen LogP contribution in [0.4, 0.5) is 11.4 Å². The quantitative estimate of drug-likeness (QED) is 0.303. The second-order valence-electron chi connectivity index (χ2n) is 6.61. The third-order valence-corrected chi connectivity index (χ3v) is 5.14. The van der Waals surface area contributed by atoms with Gasteiger partial charge in [0, 0.05) is 23.6 Å². The summed E-state index contributed by atoms with van der Waals surface area (Å²) >= 11 is 6.21. The first-order chi connectivity index (χ1) is 13.3. The summed E-state index contributed by atoms with van der Waals surface area (Å²) in [7, 11) is 0. The van der Waals surface area contributed by atoms with Crippen LogP contribution in [0, 0.1) is 17.0 Å². The molecule has 2 atom stereocenters. The minimum absolute atomic E-state index is 0.0453. The van der Waals surface area contributed by atoms with E-state index in [1.807, 2.05) is 19.1 Å². The van der Waals surface area contributed by atoms with Gasteiger partial charge in [-0.25, -0.2) is 5.01 Å². The summed E-state index contributed by atoms with van der Waals surface area (Å²) in [6.45, 7) is 1.93. The summed E-state index contributed by atoms with van der Waals surface area (Å²) < 4.78 is 0. The molecule has 4 rings (SSSR count). The second-order valence-corrected chi connectivity index (χ2v) is 7.08. The van der Waals surface area contributed by atoms with E-state index in [1.165, 1.54) is 23.2 Å². The van der Waals surface area contributed by atoms with Gasteiger partial charge in [0.05, 0.1) is 16.1 Å². The van der Waals surface area contributed by atoms with Crippen LogP contribution in [0.5, 0.6) is 0 Å². The number of H-pyrrole nitrogens is 1. The van der Waals surface area contributed by atoms with Crippen LogP contribution in [0.1, 0.15) is 17.2 Å². The Morgan fingerprint density at radius 1 is 1.14 bits per heavy atom. The number of aryl methyl sites for hydroxylation is 1. The molecule has 2 aromatic carbocycles. The van der Waals surface area contributed by atoms with E-state index < -0.39 is 16.3 Å². The van der Waals surface area contributed by atoms with Crippen LogP contribution >= 0.6 is 11.6 Å². The van der Waals surface area contributed by atoms with Crippen LogP contribution in [-0.2, 0) is 4.79 Å². The zero-order chi connectivity index (χ0) is 20.0. The van der Waals surface area contributed by atoms with Crippen molar-refractivity contribution in [3.05, 3.63) is 80.1 Å². The van der Waals surface area contributed by atoms with E-state index in [-0.39, 0.29) is 17.2 Å². The van der Waals surface area contributed by atoms with Gasteiger partial charge < -0.3 is 4.98 Å². The number of nitrogens with zero attached hydrogens (tertiary/aromatic N) is 2. The molecule has 1 aliphatic rings. The number of benzene rings is 2. The Labute approximate surface area is 163 Å². The molecule has 1 aromatic heterocycles. The number of carbonyl (C=O) groups is 1. The topological polar surface area (TPSA) is 108 Å². The van der Waals surface area contributed by atoms with Crippen molar-refractivity contribution in [2.24, 2.45) is 0 Å². The van der Waals surface area contributed by atoms with Gasteiger partial charge in [0.2, 0.25) is 0 Å². The Hall–Kier alpha value is -3.39. The molecule has 0 bridgehead atoms. The number of aromatic nitrogens is 1. The lowest BCUT2D eigenvalue weighted by Gasteiger charge is -2.44. The normalized spacial score (nSPS) is 18.8. The molecule has 142 valence electrons. The minimum atomic E-state index is -0.802. The molecular weight excluding hydrogens is 384 g/mol. The Morgan fingerprint density at radius 3 is 2.54 bits per heavy atom. The Balaban J connectivity index is 1.70. The van der Waals surface area contributed by atoms with Crippen molar-refractivity contribution in [2.75, 3.05) is 5.43 Å². The van der Waals surface area contributed by atoms with Gasteiger partial charge in [-0.2, -0.15) is 0 Å². The van der Waals surface area contributed by atoms with Gasteiger partial charge in [0.1, 0.15) is 11.4 Å². The number of nitro benzene ring substituents is 1. The number of carbonyl (C=O) groups excluding carboxylic acids is 1. The molecule has 1 saturated heterocycles. The van der Waals surface area contributed by atoms with E-state index in [0.717, 1.165) is 10.9 Å². The van der Waals surface area contributed by atoms with Crippen molar-refractivity contribution in [3.8, 4) is 0 Å². The zero-order valence-electron chi connectivity index (χ0n) is 14.7. The van der Waals surface area contributed by atoms with Crippen molar-refractivity contribution >= 4 is 39.8 Å². The first-order valence-electron chi connectivity index (χ1n) is 8.47. The molecule has 2 N–H and O–H groups in total. The van der Waals surface area contributed by atoms with E-state index in [4.69, 9.17) is 11.6 Å². The number of aromatic amines is 1. The molecular formula is C19H15ClN4O4. The number of halogens is 1. The smallest absolute Gasteiger partial charge is 0.269 e. The van der Waals surface area contributed by atoms with E-state index >= 15 is 0 Å². The number of rotatable bonds is 4. The SMILES string of the molecule is Cc1ccc2[nH]c(=O)cc(NN3C(=O)C(Cl)C3c3ccc([N+](=O)[O-])cc3)c2c1. The molecule has 3 aromatic rings. The Bertz CT molecular complexity index is 1160. The number of fused-ring (bicyclic) bond motifs is 1. The maximum Gasteiger partial charge on any atom is 0.269 e. The highest BCUT2D eigenvalue weighted by atomic mass is 35.5. The fraction of sp³-hybridized carbons (Fsp3) is 0.158. The average molecular weight is 399 g/mol. The van der Waals surface area contributed by atoms with Crippen LogP contribution in [-0.4, -0.2) is 26.2 Å². The fourth-order valence-electron chi connectivity index (χ4n) is 3.28. The largest absolute Gasteiger partial charge is 0.322 e. The fourth-order valence-corrected chi connectivity index (χ4v) is 3.64. The summed E-state index contributed by atoms with van der Waals surface area (Å²) in [6, 6.07) is 12.3. The lowest BCUT2D eigenvalue weighted by molar-refractivity contribution is -0.384. The van der Waals surface area contributed by atoms with Gasteiger partial charge in [-0.05, 0) is 36.8 Å². The standard InChI is InChI=1S/C19H15ClN4O4/c1-10-2-7-14-13(8-10)15(9-16(25)21-14)22-23-18(17(20)19(23)26)11-3-5-12(6-4-11)24(27)28/h2-9,17-18H,1H3,(H2,21,22,25). The van der Waals surface area contributed by atoms with Gasteiger partial charge in [0.25, 0.3) is 17.2 Å². The van der Waals surface area contributed by atoms with Crippen molar-refractivity contribution in [1.82, 2.24) is 9.99 Å². The molecule has 0 aliphatic carbocycles. The molecule has 2 heterocycles. The lowest BCUT2D eigenvalue weighted by Crippen LogP contribution is -2.58. The number of β-lactam (4-membered cyclic amide) rings is 1. The van der Waals surface area contributed by atoms with Crippen LogP contribution in [0.2, 0.25) is 0 Å². The third kappa shape index (κ3) is 2.97. The molecule has 0 saturated carbocycles. The molecule has 9 heteroatoms. The molecule has 1 aliphatic heterocycles. The van der Waals surface area contributed by atoms with E-state index in [0.29, 0.717) is 16.8 Å². The first-order valence-corrected chi connectivity index (χ1v) is 8.90. The van der Waals surface area contributed by atoms with Crippen molar-refractivity contribution < 1.29 is 9.72 Å². The van der Waals surface area contributed by atoms with Crippen molar-refractivity contribution in [2.45, 2.75) is 18.3 Å². The summed E-state index contributed by atoms with van der Waals surface area (Å²) in [5, 5.41) is 12.1. The van der Waals surface area contributed by atoms with Gasteiger partial charge in [-0.1, -0.05) is 11.6 Å². The Kier molecular flexibility index (Phi) is 4.27. The summed E-state index contributed by atoms with van der Waals surface area (Å²) in [6.07, 6.45) is 0. The third-order valence-electron chi connectivity index (χ3n) is 4.71. The average Bonchev–Trinajstić information content (AvgIpc) is 2.68. The van der Waals surface area contributed by atoms with E-state index in [2.05, 4.69) is 10.4 Å². The van der Waals surface area contributed by atoms with E-state index in [9.17, 15) is 19.7 Å². The number of non-ortho nitro benzene ring substituents is 1. The number of amides is 1. The number of anilines is 1. The summed E-state index contributed by atoms with van der Waals surface area (Å²) in [5.41, 5.74) is 5.43. The predicted molar refractivity (Wildman–Crippen MR) is 105 cm³/mol. The number of hydrogen-bond donors (Lipinski definition) is 2. The Morgan fingerprint density at radius 2 is 1.86 bits per heavy atom. The molecule has 1 amide bonds. The van der Waals surface area contributed by atoms with Crippen molar-refractivity contribution in [1.29, 1.82) is 0 Å². The number of pyridine rings is 1. The molecule has 0 spiro atoms. The van der Waals surface area contributed by atoms with Gasteiger partial charge in [0.15, 0.2) is 0 Å². The van der Waals surface area contributed by atoms with Gasteiger partial charge in [-0.3, -0.25) is 25.1 Å². The molecule has 28 heavy (non-hydrogen) atoms.